The molecule has 0 fully saturated rings. The molecule has 0 unspecified atom stereocenters. The highest BCUT2D eigenvalue weighted by molar-refractivity contribution is 8.93. The van der Waals surface area contributed by atoms with Crippen LogP contribution in [0.2, 0.25) is 0 Å². The van der Waals surface area contributed by atoms with E-state index < -0.39 is 0 Å². The zero-order valence-corrected chi connectivity index (χ0v) is 19.7. The molecular formula is C25H23BrN4O2. The third kappa shape index (κ3) is 3.65. The zero-order chi connectivity index (χ0) is 21.5. The minimum atomic E-state index is 0. The fourth-order valence-electron chi connectivity index (χ4n) is 4.06. The predicted octanol–water partition coefficient (Wildman–Crippen LogP) is 5.93. The third-order valence-corrected chi connectivity index (χ3v) is 5.65. The van der Waals surface area contributed by atoms with E-state index in [-0.39, 0.29) is 22.4 Å². The van der Waals surface area contributed by atoms with Gasteiger partial charge < -0.3 is 19.7 Å². The molecule has 4 heterocycles. The first-order valence-corrected chi connectivity index (χ1v) is 10.1. The van der Waals surface area contributed by atoms with E-state index in [4.69, 9.17) is 4.74 Å². The summed E-state index contributed by atoms with van der Waals surface area (Å²) in [5, 5.41) is 4.68. The van der Waals surface area contributed by atoms with E-state index in [9.17, 15) is 4.79 Å². The molecule has 0 bridgehead atoms. The Labute approximate surface area is 194 Å². The van der Waals surface area contributed by atoms with Crippen LogP contribution in [-0.4, -0.2) is 27.0 Å². The number of rotatable bonds is 1. The highest BCUT2D eigenvalue weighted by atomic mass is 79.9. The summed E-state index contributed by atoms with van der Waals surface area (Å²) in [6, 6.07) is 15.2. The predicted molar refractivity (Wildman–Crippen MR) is 136 cm³/mol. The number of H-pyrrole nitrogens is 3. The van der Waals surface area contributed by atoms with E-state index in [0.29, 0.717) is 0 Å². The summed E-state index contributed by atoms with van der Waals surface area (Å²) in [7, 11) is 1.68. The average Bonchev–Trinajstić information content (AvgIpc) is 3.33. The lowest BCUT2D eigenvalue weighted by atomic mass is 10.1. The average molecular weight is 491 g/mol. The maximum atomic E-state index is 11.2. The van der Waals surface area contributed by atoms with E-state index in [1.807, 2.05) is 56.6 Å². The Morgan fingerprint density at radius 1 is 0.812 bits per heavy atom. The molecule has 6 aromatic rings. The van der Waals surface area contributed by atoms with Crippen LogP contribution in [0, 0.1) is 13.8 Å². The fraction of sp³-hybridized carbons (Fsp3) is 0.120. The lowest BCUT2D eigenvalue weighted by Gasteiger charge is -1.98. The van der Waals surface area contributed by atoms with Crippen LogP contribution in [0.15, 0.2) is 65.7 Å². The van der Waals surface area contributed by atoms with Crippen molar-refractivity contribution in [1.29, 1.82) is 0 Å². The molecule has 0 saturated heterocycles. The Hall–Kier alpha value is -3.58. The molecule has 6 rings (SSSR count). The Bertz CT molecular complexity index is 1630. The Morgan fingerprint density at radius 2 is 1.50 bits per heavy atom. The molecule has 0 aliphatic carbocycles. The van der Waals surface area contributed by atoms with E-state index in [0.717, 1.165) is 50.0 Å². The van der Waals surface area contributed by atoms with Crippen molar-refractivity contribution in [3.8, 4) is 5.75 Å². The van der Waals surface area contributed by atoms with Gasteiger partial charge in [0.25, 0.3) is 0 Å². The van der Waals surface area contributed by atoms with Gasteiger partial charge >= 0.3 is 0 Å². The van der Waals surface area contributed by atoms with Gasteiger partial charge in [-0.05, 0) is 50.2 Å². The molecule has 0 aliphatic rings. The van der Waals surface area contributed by atoms with Gasteiger partial charge in [0.05, 0.1) is 34.9 Å². The van der Waals surface area contributed by atoms with Gasteiger partial charge in [0.1, 0.15) is 5.75 Å². The van der Waals surface area contributed by atoms with Crippen LogP contribution >= 0.6 is 17.0 Å². The van der Waals surface area contributed by atoms with E-state index in [2.05, 4.69) is 26.0 Å². The van der Waals surface area contributed by atoms with Crippen LogP contribution in [0.1, 0.15) is 11.4 Å². The number of ether oxygens (including phenoxy) is 1. The number of aromatic amines is 3. The lowest BCUT2D eigenvalue weighted by Crippen LogP contribution is -1.93. The van der Waals surface area contributed by atoms with Crippen LogP contribution in [0.3, 0.4) is 0 Å². The van der Waals surface area contributed by atoms with Gasteiger partial charge in [-0.25, -0.2) is 0 Å². The Balaban J connectivity index is 0.000000149. The van der Waals surface area contributed by atoms with Crippen molar-refractivity contribution in [3.63, 3.8) is 0 Å². The van der Waals surface area contributed by atoms with E-state index in [1.165, 1.54) is 10.8 Å². The number of hydrogen-bond donors (Lipinski definition) is 3. The second-order valence-corrected chi connectivity index (χ2v) is 7.58. The number of benzene rings is 2. The van der Waals surface area contributed by atoms with Gasteiger partial charge in [0.2, 0.25) is 0 Å². The first-order valence-electron chi connectivity index (χ1n) is 10.1. The summed E-state index contributed by atoms with van der Waals surface area (Å²) in [6.07, 6.45) is 3.76. The lowest BCUT2D eigenvalue weighted by molar-refractivity contribution is 0.415. The molecule has 6 nitrogen and oxygen atoms in total. The highest BCUT2D eigenvalue weighted by Gasteiger charge is 2.07. The highest BCUT2D eigenvalue weighted by Crippen LogP contribution is 2.29. The fourth-order valence-corrected chi connectivity index (χ4v) is 4.06. The summed E-state index contributed by atoms with van der Waals surface area (Å²) in [5.41, 5.74) is 6.30. The molecule has 7 heteroatoms. The molecule has 0 atom stereocenters. The number of nitrogens with zero attached hydrogens (tertiary/aromatic N) is 1. The third-order valence-electron chi connectivity index (χ3n) is 5.65. The van der Waals surface area contributed by atoms with Crippen molar-refractivity contribution in [2.75, 3.05) is 7.11 Å². The minimum absolute atomic E-state index is 0. The second kappa shape index (κ2) is 8.51. The monoisotopic (exact) mass is 490 g/mol. The number of nitrogens with one attached hydrogen (secondary N) is 3. The SMILES string of the molecule is Br.COc1ccc2c(c1)[nH]c1c(C)nccc12.Cc1[nH]ccc2c1[nH]c1cc(=O)ccc12. The van der Waals surface area contributed by atoms with Gasteiger partial charge in [0.15, 0.2) is 5.43 Å². The van der Waals surface area contributed by atoms with Crippen molar-refractivity contribution in [2.24, 2.45) is 0 Å². The van der Waals surface area contributed by atoms with Gasteiger partial charge in [-0.2, -0.15) is 0 Å². The number of halogens is 1. The molecule has 0 aliphatic heterocycles. The van der Waals surface area contributed by atoms with Crippen molar-refractivity contribution in [1.82, 2.24) is 19.9 Å². The number of fused-ring (bicyclic) bond motifs is 6. The summed E-state index contributed by atoms with van der Waals surface area (Å²) in [6.45, 7) is 4.02. The normalized spacial score (nSPS) is 10.8. The van der Waals surface area contributed by atoms with Crippen molar-refractivity contribution in [2.45, 2.75) is 13.8 Å². The Morgan fingerprint density at radius 3 is 2.28 bits per heavy atom. The number of pyridine rings is 2. The quantitative estimate of drug-likeness (QED) is 0.267. The first-order chi connectivity index (χ1) is 15.0. The van der Waals surface area contributed by atoms with Crippen molar-refractivity contribution >= 4 is 60.6 Å². The standard InChI is InChI=1S/C13H12N2O.C12H10N2O.BrH/c1-8-13-11(5-6-14-8)10-4-3-9(16-2)7-12(10)15-13;1-7-12-10(4-5-13-7)9-3-2-8(15)6-11(9)14-12;/h3-7,15H,1-2H3;2-6,13-14H,1H3;1H. The molecular weight excluding hydrogens is 468 g/mol. The van der Waals surface area contributed by atoms with Gasteiger partial charge in [-0.1, -0.05) is 0 Å². The molecule has 162 valence electrons. The molecule has 2 aromatic carbocycles. The molecule has 0 amide bonds. The number of hydrogen-bond acceptors (Lipinski definition) is 3. The topological polar surface area (TPSA) is 86.6 Å². The second-order valence-electron chi connectivity index (χ2n) is 7.58. The molecule has 0 saturated carbocycles. The van der Waals surface area contributed by atoms with Crippen LogP contribution < -0.4 is 10.2 Å². The number of methoxy groups -OCH3 is 1. The summed E-state index contributed by atoms with van der Waals surface area (Å²) in [5.74, 6) is 0.865. The maximum Gasteiger partial charge on any atom is 0.180 e. The first kappa shape index (κ1) is 21.6. The molecule has 3 N–H and O–H groups in total. The van der Waals surface area contributed by atoms with E-state index >= 15 is 0 Å². The zero-order valence-electron chi connectivity index (χ0n) is 17.9. The maximum absolute atomic E-state index is 11.2. The summed E-state index contributed by atoms with van der Waals surface area (Å²) in [4.78, 5) is 25.3. The molecule has 0 radical (unpaired) electrons. The Kier molecular flexibility index (Phi) is 5.76. The van der Waals surface area contributed by atoms with E-state index in [1.54, 1.807) is 19.2 Å². The van der Waals surface area contributed by atoms with Crippen LogP contribution in [0.5, 0.6) is 5.75 Å². The molecule has 32 heavy (non-hydrogen) atoms. The largest absolute Gasteiger partial charge is 0.497 e. The number of aryl methyl sites for hydroxylation is 2. The summed E-state index contributed by atoms with van der Waals surface area (Å²) >= 11 is 0. The molecule has 4 aromatic heterocycles. The number of aromatic nitrogens is 4. The van der Waals surface area contributed by atoms with Crippen LogP contribution in [0.25, 0.3) is 43.6 Å². The van der Waals surface area contributed by atoms with Crippen LogP contribution in [0.4, 0.5) is 0 Å². The van der Waals surface area contributed by atoms with Gasteiger partial charge in [-0.3, -0.25) is 9.78 Å². The van der Waals surface area contributed by atoms with Crippen molar-refractivity contribution < 1.29 is 4.74 Å². The summed E-state index contributed by atoms with van der Waals surface area (Å²) < 4.78 is 5.21. The smallest absolute Gasteiger partial charge is 0.180 e. The van der Waals surface area contributed by atoms with Gasteiger partial charge in [-0.15, -0.1) is 17.0 Å². The minimum Gasteiger partial charge on any atom is -0.497 e. The van der Waals surface area contributed by atoms with Crippen LogP contribution in [-0.2, 0) is 0 Å². The van der Waals surface area contributed by atoms with Gasteiger partial charge in [0, 0.05) is 51.8 Å². The molecule has 0 spiro atoms. The van der Waals surface area contributed by atoms with Crippen molar-refractivity contribution in [3.05, 3.63) is 82.5 Å².